The van der Waals surface area contributed by atoms with E-state index in [4.69, 9.17) is 15.2 Å². The van der Waals surface area contributed by atoms with E-state index < -0.39 is 0 Å². The van der Waals surface area contributed by atoms with Gasteiger partial charge in [0.25, 0.3) is 0 Å². The molecule has 0 aliphatic carbocycles. The molecule has 0 saturated heterocycles. The lowest BCUT2D eigenvalue weighted by Gasteiger charge is -2.32. The molecular weight excluding hydrogens is 288 g/mol. The normalized spacial score (nSPS) is 19.2. The first-order valence-corrected chi connectivity index (χ1v) is 7.37. The van der Waals surface area contributed by atoms with Crippen molar-refractivity contribution in [2.24, 2.45) is 5.73 Å². The summed E-state index contributed by atoms with van der Waals surface area (Å²) in [6.45, 7) is 0.379. The number of nitriles is 1. The van der Waals surface area contributed by atoms with Gasteiger partial charge in [-0.15, -0.1) is 0 Å². The van der Waals surface area contributed by atoms with Crippen LogP contribution in [-0.2, 0) is 4.74 Å². The van der Waals surface area contributed by atoms with Crippen LogP contribution in [0.2, 0.25) is 0 Å². The summed E-state index contributed by atoms with van der Waals surface area (Å²) in [6.07, 6.45) is 0. The molecule has 23 heavy (non-hydrogen) atoms. The van der Waals surface area contributed by atoms with Gasteiger partial charge in [0.2, 0.25) is 5.88 Å². The number of rotatable bonds is 1. The molecule has 4 heteroatoms. The van der Waals surface area contributed by atoms with Crippen LogP contribution in [0.3, 0.4) is 0 Å². The minimum Gasteiger partial charge on any atom is -0.488 e. The molecule has 0 saturated carbocycles. The van der Waals surface area contributed by atoms with Gasteiger partial charge in [0, 0.05) is 5.57 Å². The predicted molar refractivity (Wildman–Crippen MR) is 86.0 cm³/mol. The summed E-state index contributed by atoms with van der Waals surface area (Å²) in [5.74, 6) is 1.40. The molecular formula is C19H14N2O2. The van der Waals surface area contributed by atoms with Crippen molar-refractivity contribution in [1.82, 2.24) is 0 Å². The van der Waals surface area contributed by atoms with E-state index in [0.29, 0.717) is 17.9 Å². The van der Waals surface area contributed by atoms with Gasteiger partial charge in [-0.25, -0.2) is 0 Å². The predicted octanol–water partition coefficient (Wildman–Crippen LogP) is 3.30. The highest BCUT2D eigenvalue weighted by atomic mass is 16.5. The Bertz CT molecular complexity index is 876. The second kappa shape index (κ2) is 5.22. The molecule has 0 unspecified atom stereocenters. The average Bonchev–Trinajstić information content (AvgIpc) is 2.61. The van der Waals surface area contributed by atoms with E-state index in [9.17, 15) is 5.26 Å². The molecule has 0 fully saturated rings. The third-order valence-electron chi connectivity index (χ3n) is 4.17. The Morgan fingerprint density at radius 3 is 2.57 bits per heavy atom. The fraction of sp³-hybridized carbons (Fsp3) is 0.105. The lowest BCUT2D eigenvalue weighted by molar-refractivity contribution is 0.294. The third kappa shape index (κ3) is 2.06. The van der Waals surface area contributed by atoms with E-state index >= 15 is 0 Å². The van der Waals surface area contributed by atoms with Crippen LogP contribution < -0.4 is 10.5 Å². The van der Waals surface area contributed by atoms with Gasteiger partial charge in [-0.3, -0.25) is 0 Å². The minimum atomic E-state index is -0.238. The second-order valence-corrected chi connectivity index (χ2v) is 5.47. The van der Waals surface area contributed by atoms with Gasteiger partial charge < -0.3 is 15.2 Å². The van der Waals surface area contributed by atoms with E-state index in [1.54, 1.807) is 0 Å². The lowest BCUT2D eigenvalue weighted by Crippen LogP contribution is -2.26. The number of fused-ring (bicyclic) bond motifs is 2. The van der Waals surface area contributed by atoms with Gasteiger partial charge in [-0.05, 0) is 17.7 Å². The van der Waals surface area contributed by atoms with E-state index in [-0.39, 0.29) is 11.8 Å². The van der Waals surface area contributed by atoms with Crippen molar-refractivity contribution < 1.29 is 9.47 Å². The van der Waals surface area contributed by atoms with Crippen LogP contribution in [0.25, 0.3) is 5.76 Å². The van der Waals surface area contributed by atoms with Gasteiger partial charge in [0.05, 0.1) is 11.5 Å². The Labute approximate surface area is 134 Å². The highest BCUT2D eigenvalue weighted by Crippen LogP contribution is 2.46. The molecule has 2 aromatic rings. The Balaban J connectivity index is 1.93. The monoisotopic (exact) mass is 302 g/mol. The maximum atomic E-state index is 9.55. The maximum absolute atomic E-state index is 9.55. The molecule has 0 aromatic heterocycles. The zero-order chi connectivity index (χ0) is 15.8. The fourth-order valence-corrected chi connectivity index (χ4v) is 3.12. The molecule has 2 heterocycles. The molecule has 2 aromatic carbocycles. The molecule has 1 atom stereocenters. The molecule has 2 N–H and O–H groups in total. The van der Waals surface area contributed by atoms with Crippen molar-refractivity contribution in [1.29, 1.82) is 5.26 Å². The number of hydrogen-bond donors (Lipinski definition) is 1. The van der Waals surface area contributed by atoms with E-state index in [0.717, 1.165) is 22.4 Å². The summed E-state index contributed by atoms with van der Waals surface area (Å²) in [4.78, 5) is 0. The van der Waals surface area contributed by atoms with Crippen molar-refractivity contribution in [3.05, 3.63) is 82.8 Å². The zero-order valence-electron chi connectivity index (χ0n) is 12.3. The Kier molecular flexibility index (Phi) is 3.06. The zero-order valence-corrected chi connectivity index (χ0v) is 12.3. The maximum Gasteiger partial charge on any atom is 0.205 e. The average molecular weight is 302 g/mol. The van der Waals surface area contributed by atoms with Crippen LogP contribution in [-0.4, -0.2) is 6.61 Å². The van der Waals surface area contributed by atoms with Gasteiger partial charge in [0.1, 0.15) is 29.8 Å². The number of hydrogen-bond acceptors (Lipinski definition) is 4. The Morgan fingerprint density at radius 1 is 1.04 bits per heavy atom. The largest absolute Gasteiger partial charge is 0.488 e. The molecule has 0 radical (unpaired) electrons. The quantitative estimate of drug-likeness (QED) is 0.877. The molecule has 4 rings (SSSR count). The topological polar surface area (TPSA) is 68.3 Å². The van der Waals surface area contributed by atoms with Crippen LogP contribution >= 0.6 is 0 Å². The molecule has 112 valence electrons. The first-order valence-electron chi connectivity index (χ1n) is 7.37. The number of allylic oxidation sites excluding steroid dienone is 1. The van der Waals surface area contributed by atoms with Gasteiger partial charge in [0.15, 0.2) is 0 Å². The van der Waals surface area contributed by atoms with Crippen molar-refractivity contribution in [3.63, 3.8) is 0 Å². The Morgan fingerprint density at radius 2 is 1.78 bits per heavy atom. The summed E-state index contributed by atoms with van der Waals surface area (Å²) in [5.41, 5.74) is 9.28. The first kappa shape index (κ1) is 13.5. The van der Waals surface area contributed by atoms with Crippen molar-refractivity contribution in [2.75, 3.05) is 6.61 Å². The minimum absolute atomic E-state index is 0.164. The smallest absolute Gasteiger partial charge is 0.205 e. The molecule has 0 bridgehead atoms. The molecule has 0 spiro atoms. The fourth-order valence-electron chi connectivity index (χ4n) is 3.12. The van der Waals surface area contributed by atoms with Crippen LogP contribution in [0.15, 0.2) is 71.6 Å². The lowest BCUT2D eigenvalue weighted by atomic mass is 9.81. The second-order valence-electron chi connectivity index (χ2n) is 5.47. The summed E-state index contributed by atoms with van der Waals surface area (Å²) in [5, 5.41) is 9.55. The van der Waals surface area contributed by atoms with Crippen LogP contribution in [0, 0.1) is 11.3 Å². The Hall–Kier alpha value is -3.19. The molecule has 2 aliphatic rings. The van der Waals surface area contributed by atoms with Crippen LogP contribution in [0.1, 0.15) is 17.0 Å². The number of benzene rings is 2. The molecule has 0 amide bonds. The van der Waals surface area contributed by atoms with E-state index in [2.05, 4.69) is 6.07 Å². The van der Waals surface area contributed by atoms with Gasteiger partial charge in [-0.2, -0.15) is 5.26 Å². The number of ether oxygens (including phenoxy) is 2. The van der Waals surface area contributed by atoms with Crippen molar-refractivity contribution in [2.45, 2.75) is 5.92 Å². The summed E-state index contributed by atoms with van der Waals surface area (Å²) >= 11 is 0. The van der Waals surface area contributed by atoms with Crippen LogP contribution in [0.5, 0.6) is 5.75 Å². The molecule has 4 nitrogen and oxygen atoms in total. The number of para-hydroxylation sites is 1. The highest BCUT2D eigenvalue weighted by molar-refractivity contribution is 5.75. The van der Waals surface area contributed by atoms with Gasteiger partial charge in [-0.1, -0.05) is 42.5 Å². The standard InChI is InChI=1S/C19H14N2O2/c20-10-14-17(12-6-2-1-3-7-12)15-11-22-16-9-5-4-8-13(16)18(15)23-19(14)21/h1-9,17H,11,21H2/t17-/m1/s1. The third-order valence-corrected chi connectivity index (χ3v) is 4.17. The highest BCUT2D eigenvalue weighted by Gasteiger charge is 2.36. The summed E-state index contributed by atoms with van der Waals surface area (Å²) < 4.78 is 11.7. The van der Waals surface area contributed by atoms with Gasteiger partial charge >= 0.3 is 0 Å². The molecule has 2 aliphatic heterocycles. The summed E-state index contributed by atoms with van der Waals surface area (Å²) in [7, 11) is 0. The number of nitrogens with zero attached hydrogens (tertiary/aromatic N) is 1. The van der Waals surface area contributed by atoms with Crippen molar-refractivity contribution >= 4 is 5.76 Å². The first-order chi connectivity index (χ1) is 11.3. The van der Waals surface area contributed by atoms with E-state index in [1.807, 2.05) is 54.6 Å². The summed E-state index contributed by atoms with van der Waals surface area (Å²) in [6, 6.07) is 19.7. The van der Waals surface area contributed by atoms with Crippen LogP contribution in [0.4, 0.5) is 0 Å². The SMILES string of the molecule is N#CC1=C(N)OC2=C(COc3ccccc32)[C@@H]1c1ccccc1. The van der Waals surface area contributed by atoms with E-state index in [1.165, 1.54) is 0 Å². The van der Waals surface area contributed by atoms with Crippen molar-refractivity contribution in [3.8, 4) is 11.8 Å². The number of nitrogens with two attached hydrogens (primary N) is 1.